The van der Waals surface area contributed by atoms with Crippen LogP contribution in [0.15, 0.2) is 18.2 Å². The summed E-state index contributed by atoms with van der Waals surface area (Å²) < 4.78 is 55.3. The van der Waals surface area contributed by atoms with E-state index < -0.39 is 18.0 Å². The largest absolute Gasteiger partial charge is 0.494 e. The van der Waals surface area contributed by atoms with Gasteiger partial charge in [-0.1, -0.05) is 6.07 Å². The van der Waals surface area contributed by atoms with E-state index in [1.54, 1.807) is 0 Å². The van der Waals surface area contributed by atoms with E-state index in [1.807, 2.05) is 0 Å². The van der Waals surface area contributed by atoms with Crippen LogP contribution in [0.1, 0.15) is 11.6 Å². The molecule has 0 radical (unpaired) electrons. The van der Waals surface area contributed by atoms with E-state index in [2.05, 4.69) is 10.1 Å². The molecule has 0 aliphatic rings. The normalized spacial score (nSPS) is 13.6. The number of ether oxygens (including phenoxy) is 1. The van der Waals surface area contributed by atoms with Crippen LogP contribution in [0.2, 0.25) is 0 Å². The van der Waals surface area contributed by atoms with Crippen LogP contribution in [0.25, 0.3) is 0 Å². The summed E-state index contributed by atoms with van der Waals surface area (Å²) in [4.78, 5) is 0. The van der Waals surface area contributed by atoms with Gasteiger partial charge in [0.2, 0.25) is 0 Å². The Bertz CT molecular complexity index is 364. The van der Waals surface area contributed by atoms with Crippen molar-refractivity contribution in [1.29, 1.82) is 0 Å². The summed E-state index contributed by atoms with van der Waals surface area (Å²) in [6, 6.07) is 1.22. The SMILES string of the molecule is CNC(c1ccc(F)c(OC)c1)C(F)(F)F. The number of hydrogen-bond donors (Lipinski definition) is 1. The van der Waals surface area contributed by atoms with Gasteiger partial charge in [0, 0.05) is 0 Å². The first-order valence-electron chi connectivity index (χ1n) is 4.47. The minimum Gasteiger partial charge on any atom is -0.494 e. The molecule has 0 aliphatic heterocycles. The van der Waals surface area contributed by atoms with Crippen molar-refractivity contribution in [2.24, 2.45) is 0 Å². The van der Waals surface area contributed by atoms with Crippen LogP contribution < -0.4 is 10.1 Å². The zero-order valence-electron chi connectivity index (χ0n) is 8.73. The molecular weight excluding hydrogens is 226 g/mol. The molecule has 1 aromatic carbocycles. The van der Waals surface area contributed by atoms with Crippen LogP contribution >= 0.6 is 0 Å². The van der Waals surface area contributed by atoms with Crippen molar-refractivity contribution in [3.63, 3.8) is 0 Å². The molecule has 90 valence electrons. The van der Waals surface area contributed by atoms with E-state index in [0.29, 0.717) is 0 Å². The zero-order valence-corrected chi connectivity index (χ0v) is 8.73. The van der Waals surface area contributed by atoms with Crippen LogP contribution in [-0.2, 0) is 0 Å². The van der Waals surface area contributed by atoms with E-state index >= 15 is 0 Å². The van der Waals surface area contributed by atoms with Gasteiger partial charge >= 0.3 is 6.18 Å². The molecule has 1 aromatic rings. The quantitative estimate of drug-likeness (QED) is 0.816. The highest BCUT2D eigenvalue weighted by Gasteiger charge is 2.39. The van der Waals surface area contributed by atoms with E-state index in [9.17, 15) is 17.6 Å². The van der Waals surface area contributed by atoms with Crippen molar-refractivity contribution >= 4 is 0 Å². The second-order valence-corrected chi connectivity index (χ2v) is 3.16. The Kier molecular flexibility index (Phi) is 3.74. The molecule has 16 heavy (non-hydrogen) atoms. The number of rotatable bonds is 3. The summed E-state index contributed by atoms with van der Waals surface area (Å²) in [6.45, 7) is 0. The molecule has 1 N–H and O–H groups in total. The second-order valence-electron chi connectivity index (χ2n) is 3.16. The Labute approximate surface area is 90.2 Å². The van der Waals surface area contributed by atoms with Crippen LogP contribution in [0.3, 0.4) is 0 Å². The highest BCUT2D eigenvalue weighted by Crippen LogP contribution is 2.34. The average molecular weight is 237 g/mol. The minimum atomic E-state index is -4.43. The second kappa shape index (κ2) is 4.69. The summed E-state index contributed by atoms with van der Waals surface area (Å²) in [6.07, 6.45) is -4.43. The fraction of sp³-hybridized carbons (Fsp3) is 0.400. The Morgan fingerprint density at radius 3 is 2.38 bits per heavy atom. The van der Waals surface area contributed by atoms with E-state index in [0.717, 1.165) is 18.2 Å². The van der Waals surface area contributed by atoms with Gasteiger partial charge in [0.25, 0.3) is 0 Å². The Morgan fingerprint density at radius 1 is 1.31 bits per heavy atom. The molecule has 0 fully saturated rings. The topological polar surface area (TPSA) is 21.3 Å². The number of hydrogen-bond acceptors (Lipinski definition) is 2. The number of benzene rings is 1. The minimum absolute atomic E-state index is 0.0896. The third-order valence-corrected chi connectivity index (χ3v) is 2.12. The first-order chi connectivity index (χ1) is 7.40. The first kappa shape index (κ1) is 12.8. The smallest absolute Gasteiger partial charge is 0.407 e. The van der Waals surface area contributed by atoms with Crippen molar-refractivity contribution in [2.45, 2.75) is 12.2 Å². The summed E-state index contributed by atoms with van der Waals surface area (Å²) in [5.41, 5.74) is -0.0896. The number of halogens is 4. The number of methoxy groups -OCH3 is 1. The number of alkyl halides is 3. The summed E-state index contributed by atoms with van der Waals surface area (Å²) in [5.74, 6) is -0.898. The maximum Gasteiger partial charge on any atom is 0.407 e. The third kappa shape index (κ3) is 2.63. The molecule has 0 saturated heterocycles. The molecule has 0 amide bonds. The monoisotopic (exact) mass is 237 g/mol. The lowest BCUT2D eigenvalue weighted by molar-refractivity contribution is -0.156. The van der Waals surface area contributed by atoms with Gasteiger partial charge in [-0.3, -0.25) is 0 Å². The third-order valence-electron chi connectivity index (χ3n) is 2.12. The van der Waals surface area contributed by atoms with Crippen molar-refractivity contribution in [3.05, 3.63) is 29.6 Å². The van der Waals surface area contributed by atoms with Crippen molar-refractivity contribution in [3.8, 4) is 5.75 Å². The zero-order chi connectivity index (χ0) is 12.3. The van der Waals surface area contributed by atoms with Crippen LogP contribution in [0.5, 0.6) is 5.75 Å². The summed E-state index contributed by atoms with van der Waals surface area (Å²) >= 11 is 0. The average Bonchev–Trinajstić information content (AvgIpc) is 2.19. The van der Waals surface area contributed by atoms with E-state index in [1.165, 1.54) is 14.2 Å². The first-order valence-corrected chi connectivity index (χ1v) is 4.47. The van der Waals surface area contributed by atoms with Crippen molar-refractivity contribution in [2.75, 3.05) is 14.2 Å². The maximum absolute atomic E-state index is 13.0. The standard InChI is InChI=1S/C10H11F4NO/c1-15-9(10(12,13)14)6-3-4-7(11)8(5-6)16-2/h3-5,9,15H,1-2H3. The maximum atomic E-state index is 13.0. The molecule has 0 spiro atoms. The molecule has 1 rings (SSSR count). The van der Waals surface area contributed by atoms with Gasteiger partial charge in [-0.25, -0.2) is 4.39 Å². The van der Waals surface area contributed by atoms with Gasteiger partial charge in [-0.05, 0) is 24.7 Å². The molecule has 0 aromatic heterocycles. The van der Waals surface area contributed by atoms with Gasteiger partial charge in [-0.15, -0.1) is 0 Å². The predicted octanol–water partition coefficient (Wildman–Crippen LogP) is 2.66. The van der Waals surface area contributed by atoms with Gasteiger partial charge in [-0.2, -0.15) is 13.2 Å². The van der Waals surface area contributed by atoms with Crippen LogP contribution in [0.4, 0.5) is 17.6 Å². The highest BCUT2D eigenvalue weighted by molar-refractivity contribution is 5.32. The molecule has 2 nitrogen and oxygen atoms in total. The molecule has 1 unspecified atom stereocenters. The van der Waals surface area contributed by atoms with Gasteiger partial charge in [0.1, 0.15) is 6.04 Å². The van der Waals surface area contributed by atoms with Crippen LogP contribution in [0, 0.1) is 5.82 Å². The van der Waals surface area contributed by atoms with Crippen molar-refractivity contribution in [1.82, 2.24) is 5.32 Å². The fourth-order valence-electron chi connectivity index (χ4n) is 1.38. The summed E-state index contributed by atoms with van der Waals surface area (Å²) in [7, 11) is 2.39. The molecule has 0 aliphatic carbocycles. The van der Waals surface area contributed by atoms with E-state index in [-0.39, 0.29) is 11.3 Å². The molecule has 0 heterocycles. The summed E-state index contributed by atoms with van der Waals surface area (Å²) in [5, 5.41) is 2.13. The van der Waals surface area contributed by atoms with Gasteiger partial charge in [0.15, 0.2) is 11.6 Å². The fourth-order valence-corrected chi connectivity index (χ4v) is 1.38. The van der Waals surface area contributed by atoms with Gasteiger partial charge < -0.3 is 10.1 Å². The van der Waals surface area contributed by atoms with Gasteiger partial charge in [0.05, 0.1) is 7.11 Å². The van der Waals surface area contributed by atoms with E-state index in [4.69, 9.17) is 0 Å². The molecule has 6 heteroatoms. The molecule has 0 saturated carbocycles. The Balaban J connectivity index is 3.12. The highest BCUT2D eigenvalue weighted by atomic mass is 19.4. The molecule has 0 bridgehead atoms. The lowest BCUT2D eigenvalue weighted by atomic mass is 10.1. The molecule has 1 atom stereocenters. The molecular formula is C10H11F4NO. The van der Waals surface area contributed by atoms with Crippen molar-refractivity contribution < 1.29 is 22.3 Å². The number of nitrogens with one attached hydrogen (secondary N) is 1. The van der Waals surface area contributed by atoms with Crippen LogP contribution in [-0.4, -0.2) is 20.3 Å². The Hall–Kier alpha value is -1.30. The lowest BCUT2D eigenvalue weighted by Gasteiger charge is -2.20. The predicted molar refractivity (Wildman–Crippen MR) is 50.8 cm³/mol. The Morgan fingerprint density at radius 2 is 1.94 bits per heavy atom. The lowest BCUT2D eigenvalue weighted by Crippen LogP contribution is -2.31.